The van der Waals surface area contributed by atoms with Gasteiger partial charge in [0.25, 0.3) is 10.0 Å². The number of aromatic nitrogens is 2. The van der Waals surface area contributed by atoms with E-state index in [4.69, 9.17) is 4.98 Å². The van der Waals surface area contributed by atoms with Gasteiger partial charge in [0.2, 0.25) is 4.34 Å². The number of aliphatic hydroxyl groups is 1. The fraction of sp³-hybridized carbons (Fsp3) is 0.571. The zero-order chi connectivity index (χ0) is 22.0. The van der Waals surface area contributed by atoms with Crippen molar-refractivity contribution < 1.29 is 18.3 Å². The smallest absolute Gasteiger partial charge is 0.333 e. The van der Waals surface area contributed by atoms with Gasteiger partial charge in [-0.05, 0) is 75.3 Å². The Morgan fingerprint density at radius 2 is 1.90 bits per heavy atom. The number of hydrogen-bond acceptors (Lipinski definition) is 7. The molecule has 5 rings (SSSR count). The van der Waals surface area contributed by atoms with Crippen molar-refractivity contribution in [1.29, 1.82) is 0 Å². The number of carbonyl (C=O) groups is 1. The largest absolute Gasteiger partial charge is 0.385 e. The van der Waals surface area contributed by atoms with Crippen LogP contribution in [0.15, 0.2) is 4.34 Å². The Morgan fingerprint density at radius 1 is 1.13 bits per heavy atom. The Labute approximate surface area is 185 Å². The third kappa shape index (κ3) is 3.54. The van der Waals surface area contributed by atoms with E-state index in [1.165, 1.54) is 0 Å². The first kappa shape index (κ1) is 20.8. The molecular weight excluding hydrogens is 436 g/mol. The summed E-state index contributed by atoms with van der Waals surface area (Å²) in [6.45, 7) is 3.80. The molecule has 2 amide bonds. The van der Waals surface area contributed by atoms with E-state index in [-0.39, 0.29) is 4.34 Å². The molecule has 2 aromatic heterocycles. The number of pyridine rings is 1. The van der Waals surface area contributed by atoms with Crippen molar-refractivity contribution in [2.75, 3.05) is 5.32 Å². The lowest BCUT2D eigenvalue weighted by Crippen LogP contribution is -2.35. The number of amides is 2. The first-order valence-corrected chi connectivity index (χ1v) is 13.1. The Kier molecular flexibility index (Phi) is 4.87. The molecule has 0 fully saturated rings. The summed E-state index contributed by atoms with van der Waals surface area (Å²) in [4.78, 5) is 22.4. The van der Waals surface area contributed by atoms with Crippen LogP contribution in [-0.2, 0) is 41.3 Å². The predicted octanol–water partition coefficient (Wildman–Crippen LogP) is 3.13. The SMILES string of the molecule is CC1CCc2c1nc1c(c2NC(=O)NS(=O)(=O)c2nc3c(s2)C(C)(O)CCC3)CCC1. The molecule has 10 heteroatoms. The van der Waals surface area contributed by atoms with Gasteiger partial charge in [0.05, 0.1) is 21.9 Å². The fourth-order valence-corrected chi connectivity index (χ4v) is 7.35. The van der Waals surface area contributed by atoms with E-state index in [2.05, 4.69) is 21.9 Å². The number of aryl methyl sites for hydroxylation is 2. The van der Waals surface area contributed by atoms with Gasteiger partial charge in [-0.2, -0.15) is 8.42 Å². The second-order valence-corrected chi connectivity index (χ2v) is 11.9. The normalized spacial score (nSPS) is 24.4. The van der Waals surface area contributed by atoms with E-state index in [1.54, 1.807) is 6.92 Å². The number of anilines is 1. The molecular formula is C21H26N4O4S2. The zero-order valence-corrected chi connectivity index (χ0v) is 19.3. The molecule has 0 aromatic carbocycles. The number of nitrogens with zero attached hydrogens (tertiary/aromatic N) is 2. The van der Waals surface area contributed by atoms with Crippen molar-refractivity contribution in [1.82, 2.24) is 14.7 Å². The van der Waals surface area contributed by atoms with Crippen molar-refractivity contribution in [3.63, 3.8) is 0 Å². The molecule has 0 spiro atoms. The number of nitrogens with one attached hydrogen (secondary N) is 2. The van der Waals surface area contributed by atoms with Gasteiger partial charge < -0.3 is 10.4 Å². The van der Waals surface area contributed by atoms with Crippen LogP contribution < -0.4 is 10.0 Å². The minimum Gasteiger partial charge on any atom is -0.385 e. The van der Waals surface area contributed by atoms with E-state index in [0.717, 1.165) is 78.1 Å². The van der Waals surface area contributed by atoms with Gasteiger partial charge in [0.15, 0.2) is 0 Å². The highest BCUT2D eigenvalue weighted by molar-refractivity contribution is 7.92. The third-order valence-electron chi connectivity index (χ3n) is 6.59. The maximum Gasteiger partial charge on any atom is 0.333 e. The highest BCUT2D eigenvalue weighted by Gasteiger charge is 2.36. The molecule has 2 heterocycles. The van der Waals surface area contributed by atoms with Gasteiger partial charge in [-0.3, -0.25) is 4.98 Å². The summed E-state index contributed by atoms with van der Waals surface area (Å²) >= 11 is 0.936. The second kappa shape index (κ2) is 7.25. The fourth-order valence-electron chi connectivity index (χ4n) is 5.01. The molecule has 2 atom stereocenters. The lowest BCUT2D eigenvalue weighted by molar-refractivity contribution is 0.0422. The standard InChI is InChI=1S/C21H26N4O4S2/c1-11-8-9-13-16(11)22-14-6-3-5-12(14)17(13)24-19(26)25-31(28,29)20-23-15-7-4-10-21(2,27)18(15)30-20/h11,27H,3-10H2,1-2H3,(H2,22,24,25,26). The van der Waals surface area contributed by atoms with E-state index >= 15 is 0 Å². The van der Waals surface area contributed by atoms with Gasteiger partial charge in [-0.1, -0.05) is 6.92 Å². The van der Waals surface area contributed by atoms with Crippen LogP contribution in [0.5, 0.6) is 0 Å². The highest BCUT2D eigenvalue weighted by Crippen LogP contribution is 2.42. The summed E-state index contributed by atoms with van der Waals surface area (Å²) in [6, 6.07) is -0.790. The Balaban J connectivity index is 1.41. The Bertz CT molecular complexity index is 1190. The minimum absolute atomic E-state index is 0.186. The summed E-state index contributed by atoms with van der Waals surface area (Å²) in [5, 5.41) is 13.4. The maximum absolute atomic E-state index is 12.9. The van der Waals surface area contributed by atoms with E-state index in [9.17, 15) is 18.3 Å². The summed E-state index contributed by atoms with van der Waals surface area (Å²) in [5.74, 6) is 0.336. The van der Waals surface area contributed by atoms with Crippen LogP contribution in [0.3, 0.4) is 0 Å². The second-order valence-electron chi connectivity index (χ2n) is 9.01. The van der Waals surface area contributed by atoms with Crippen molar-refractivity contribution in [3.05, 3.63) is 33.1 Å². The van der Waals surface area contributed by atoms with E-state index in [0.29, 0.717) is 29.3 Å². The van der Waals surface area contributed by atoms with Gasteiger partial charge in [0, 0.05) is 11.4 Å². The van der Waals surface area contributed by atoms with Crippen molar-refractivity contribution in [2.24, 2.45) is 0 Å². The molecule has 0 aliphatic heterocycles. The third-order valence-corrected chi connectivity index (χ3v) is 9.65. The van der Waals surface area contributed by atoms with Gasteiger partial charge in [-0.25, -0.2) is 14.5 Å². The molecule has 8 nitrogen and oxygen atoms in total. The van der Waals surface area contributed by atoms with Crippen LogP contribution in [-0.4, -0.2) is 29.5 Å². The molecule has 3 N–H and O–H groups in total. The number of sulfonamides is 1. The van der Waals surface area contributed by atoms with Crippen LogP contribution in [0, 0.1) is 0 Å². The van der Waals surface area contributed by atoms with Gasteiger partial charge in [0.1, 0.15) is 0 Å². The summed E-state index contributed by atoms with van der Waals surface area (Å²) in [5.41, 5.74) is 4.34. The Morgan fingerprint density at radius 3 is 2.68 bits per heavy atom. The minimum atomic E-state index is -4.14. The quantitative estimate of drug-likeness (QED) is 0.644. The Hall–Kier alpha value is -2.04. The van der Waals surface area contributed by atoms with Crippen LogP contribution in [0.25, 0.3) is 0 Å². The molecule has 2 unspecified atom stereocenters. The van der Waals surface area contributed by atoms with E-state index in [1.807, 2.05) is 0 Å². The van der Waals surface area contributed by atoms with Crippen molar-refractivity contribution in [2.45, 2.75) is 81.1 Å². The molecule has 166 valence electrons. The van der Waals surface area contributed by atoms with Crippen molar-refractivity contribution in [3.8, 4) is 0 Å². The molecule has 31 heavy (non-hydrogen) atoms. The average molecular weight is 463 g/mol. The number of carbonyl (C=O) groups excluding carboxylic acids is 1. The predicted molar refractivity (Wildman–Crippen MR) is 117 cm³/mol. The lowest BCUT2D eigenvalue weighted by atomic mass is 9.89. The molecule has 3 aliphatic rings. The number of urea groups is 1. The average Bonchev–Trinajstić information content (AvgIpc) is 3.40. The zero-order valence-electron chi connectivity index (χ0n) is 17.6. The molecule has 2 aromatic rings. The number of thiazole rings is 1. The summed E-state index contributed by atoms with van der Waals surface area (Å²) in [7, 11) is -4.14. The van der Waals surface area contributed by atoms with Crippen LogP contribution in [0.2, 0.25) is 0 Å². The van der Waals surface area contributed by atoms with Crippen molar-refractivity contribution >= 4 is 33.1 Å². The topological polar surface area (TPSA) is 121 Å². The molecule has 3 aliphatic carbocycles. The molecule has 0 saturated heterocycles. The molecule has 0 saturated carbocycles. The van der Waals surface area contributed by atoms with E-state index < -0.39 is 21.7 Å². The van der Waals surface area contributed by atoms with Crippen LogP contribution in [0.1, 0.15) is 78.5 Å². The first-order valence-electron chi connectivity index (χ1n) is 10.8. The van der Waals surface area contributed by atoms with Crippen LogP contribution in [0.4, 0.5) is 10.5 Å². The molecule has 0 radical (unpaired) electrons. The highest BCUT2D eigenvalue weighted by atomic mass is 32.2. The number of fused-ring (bicyclic) bond motifs is 3. The number of rotatable bonds is 3. The molecule has 0 bridgehead atoms. The van der Waals surface area contributed by atoms with Crippen LogP contribution >= 0.6 is 11.3 Å². The first-order chi connectivity index (χ1) is 14.7. The maximum atomic E-state index is 12.9. The van der Waals surface area contributed by atoms with Gasteiger partial charge >= 0.3 is 6.03 Å². The summed E-state index contributed by atoms with van der Waals surface area (Å²) < 4.78 is 27.7. The number of hydrogen-bond donors (Lipinski definition) is 3. The summed E-state index contributed by atoms with van der Waals surface area (Å²) in [6.07, 6.45) is 6.43. The monoisotopic (exact) mass is 462 g/mol. The lowest BCUT2D eigenvalue weighted by Gasteiger charge is -2.26. The van der Waals surface area contributed by atoms with Gasteiger partial charge in [-0.15, -0.1) is 11.3 Å².